The Morgan fingerprint density at radius 3 is 2.68 bits per heavy atom. The van der Waals surface area contributed by atoms with Gasteiger partial charge in [0.2, 0.25) is 9.84 Å². The van der Waals surface area contributed by atoms with E-state index in [1.807, 2.05) is 0 Å². The van der Waals surface area contributed by atoms with Gasteiger partial charge in [0, 0.05) is 19.4 Å². The van der Waals surface area contributed by atoms with E-state index in [-0.39, 0.29) is 12.4 Å². The van der Waals surface area contributed by atoms with Gasteiger partial charge in [-0.3, -0.25) is 0 Å². The van der Waals surface area contributed by atoms with Crippen molar-refractivity contribution in [3.05, 3.63) is 41.4 Å². The quantitative estimate of drug-likeness (QED) is 0.832. The molecule has 0 aliphatic rings. The highest BCUT2D eigenvalue weighted by atomic mass is 32.2. The number of sulfone groups is 1. The lowest BCUT2D eigenvalue weighted by Crippen LogP contribution is -2.11. The third kappa shape index (κ3) is 3.83. The molecule has 0 aliphatic heterocycles. The first-order chi connectivity index (χ1) is 10.2. The van der Waals surface area contributed by atoms with Gasteiger partial charge < -0.3 is 9.26 Å². The van der Waals surface area contributed by atoms with E-state index in [0.29, 0.717) is 17.8 Å². The van der Waals surface area contributed by atoms with Crippen LogP contribution >= 0.6 is 0 Å². The predicted molar refractivity (Wildman–Crippen MR) is 67.3 cm³/mol. The number of alkyl halides is 3. The predicted octanol–water partition coefficient (Wildman–Crippen LogP) is 2.21. The van der Waals surface area contributed by atoms with E-state index in [0.717, 1.165) is 6.20 Å². The van der Waals surface area contributed by atoms with Gasteiger partial charge in [-0.15, -0.1) is 0 Å². The molecule has 0 spiro atoms. The number of rotatable bonds is 5. The second-order valence-electron chi connectivity index (χ2n) is 4.36. The topological polar surface area (TPSA) is 82.3 Å². The van der Waals surface area contributed by atoms with Crippen LogP contribution in [0.25, 0.3) is 0 Å². The molecular formula is C12H11F3N2O4S. The minimum atomic E-state index is -4.65. The number of ether oxygens (including phenoxy) is 1. The molecule has 2 aromatic heterocycles. The largest absolute Gasteiger partial charge is 0.416 e. The first kappa shape index (κ1) is 16.4. The normalized spacial score (nSPS) is 12.5. The Bertz CT molecular complexity index is 756. The molecule has 120 valence electrons. The summed E-state index contributed by atoms with van der Waals surface area (Å²) in [5, 5.41) is 2.90. The summed E-state index contributed by atoms with van der Waals surface area (Å²) in [4.78, 5) is 3.49. The highest BCUT2D eigenvalue weighted by molar-refractivity contribution is 7.90. The average molecular weight is 336 g/mol. The van der Waals surface area contributed by atoms with Crippen LogP contribution in [0.2, 0.25) is 0 Å². The number of hydrogen-bond acceptors (Lipinski definition) is 6. The summed E-state index contributed by atoms with van der Waals surface area (Å²) in [7, 11) is -2.66. The van der Waals surface area contributed by atoms with Crippen LogP contribution in [0.3, 0.4) is 0 Å². The molecule has 0 atom stereocenters. The molecule has 0 saturated heterocycles. The van der Waals surface area contributed by atoms with E-state index in [9.17, 15) is 21.6 Å². The van der Waals surface area contributed by atoms with E-state index in [2.05, 4.69) is 10.1 Å². The van der Waals surface area contributed by atoms with Crippen LogP contribution < -0.4 is 0 Å². The minimum Gasteiger partial charge on any atom is -0.378 e. The molecule has 2 heterocycles. The summed E-state index contributed by atoms with van der Waals surface area (Å²) in [6.45, 7) is 0.130. The lowest BCUT2D eigenvalue weighted by Gasteiger charge is -2.07. The van der Waals surface area contributed by atoms with Crippen molar-refractivity contribution >= 4 is 9.84 Å². The van der Waals surface area contributed by atoms with Crippen molar-refractivity contribution in [2.75, 3.05) is 7.11 Å². The minimum absolute atomic E-state index is 0.00809. The third-order valence-electron chi connectivity index (χ3n) is 2.61. The van der Waals surface area contributed by atoms with Crippen molar-refractivity contribution < 1.29 is 30.8 Å². The molecule has 0 aromatic carbocycles. The smallest absolute Gasteiger partial charge is 0.378 e. The zero-order valence-electron chi connectivity index (χ0n) is 11.3. The zero-order chi connectivity index (χ0) is 16.4. The monoisotopic (exact) mass is 336 g/mol. The number of hydrogen-bond donors (Lipinski definition) is 0. The maximum absolute atomic E-state index is 12.6. The molecule has 0 N–H and O–H groups in total. The molecule has 22 heavy (non-hydrogen) atoms. The fraction of sp³-hybridized carbons (Fsp3) is 0.333. The van der Waals surface area contributed by atoms with Gasteiger partial charge in [-0.1, -0.05) is 5.16 Å². The molecule has 6 nitrogen and oxygen atoms in total. The molecule has 2 aromatic rings. The molecule has 0 fully saturated rings. The second kappa shape index (κ2) is 6.05. The molecule has 10 heteroatoms. The van der Waals surface area contributed by atoms with Crippen LogP contribution in [-0.2, 0) is 33.1 Å². The van der Waals surface area contributed by atoms with Crippen molar-refractivity contribution in [2.45, 2.75) is 23.6 Å². The van der Waals surface area contributed by atoms with Gasteiger partial charge in [0.05, 0.1) is 12.2 Å². The second-order valence-corrected chi connectivity index (χ2v) is 6.29. The summed E-state index contributed by atoms with van der Waals surface area (Å²) >= 11 is 0. The van der Waals surface area contributed by atoms with Crippen LogP contribution in [0.1, 0.15) is 17.0 Å². The molecular weight excluding hydrogens is 325 g/mol. The zero-order valence-corrected chi connectivity index (χ0v) is 12.1. The molecule has 0 aliphatic carbocycles. The van der Waals surface area contributed by atoms with Crippen LogP contribution in [0, 0.1) is 0 Å². The summed E-state index contributed by atoms with van der Waals surface area (Å²) in [6, 6.07) is 2.54. The molecule has 0 radical (unpaired) electrons. The Morgan fingerprint density at radius 1 is 1.32 bits per heavy atom. The molecule has 0 amide bonds. The van der Waals surface area contributed by atoms with Crippen molar-refractivity contribution in [3.63, 3.8) is 0 Å². The Labute approximate surface area is 123 Å². The third-order valence-corrected chi connectivity index (χ3v) is 4.14. The summed E-state index contributed by atoms with van der Waals surface area (Å²) in [5.74, 6) is -0.649. The van der Waals surface area contributed by atoms with Crippen LogP contribution in [-0.4, -0.2) is 25.7 Å². The summed E-state index contributed by atoms with van der Waals surface area (Å²) in [5.41, 5.74) is -0.705. The Morgan fingerprint density at radius 2 is 2.05 bits per heavy atom. The van der Waals surface area contributed by atoms with E-state index in [1.54, 1.807) is 0 Å². The number of halogens is 3. The molecule has 0 saturated carbocycles. The standard InChI is InChI=1S/C12H11F3N2O4S/c1-20-6-9-5-10(21-17-9)7-22(18,19)11-4-8(2-3-16-11)12(13,14)15/h2-5H,6-7H2,1H3. The van der Waals surface area contributed by atoms with E-state index < -0.39 is 32.4 Å². The first-order valence-corrected chi connectivity index (χ1v) is 7.57. The highest BCUT2D eigenvalue weighted by Gasteiger charge is 2.32. The van der Waals surface area contributed by atoms with Crippen molar-refractivity contribution in [1.29, 1.82) is 0 Å². The van der Waals surface area contributed by atoms with Gasteiger partial charge in [0.25, 0.3) is 0 Å². The van der Waals surface area contributed by atoms with Gasteiger partial charge in [0.15, 0.2) is 10.8 Å². The van der Waals surface area contributed by atoms with E-state index in [4.69, 9.17) is 9.26 Å². The summed E-state index contributed by atoms with van der Waals surface area (Å²) < 4.78 is 71.6. The number of methoxy groups -OCH3 is 1. The first-order valence-electron chi connectivity index (χ1n) is 5.92. The van der Waals surface area contributed by atoms with Crippen molar-refractivity contribution in [2.24, 2.45) is 0 Å². The Hall–Kier alpha value is -1.94. The lowest BCUT2D eigenvalue weighted by molar-refractivity contribution is -0.137. The summed E-state index contributed by atoms with van der Waals surface area (Å²) in [6.07, 6.45) is -3.85. The number of nitrogens with zero attached hydrogens (tertiary/aromatic N) is 2. The van der Waals surface area contributed by atoms with Gasteiger partial charge in [-0.25, -0.2) is 13.4 Å². The van der Waals surface area contributed by atoms with Gasteiger partial charge in [-0.05, 0) is 12.1 Å². The Kier molecular flexibility index (Phi) is 4.52. The molecule has 2 rings (SSSR count). The van der Waals surface area contributed by atoms with Crippen LogP contribution in [0.4, 0.5) is 13.2 Å². The lowest BCUT2D eigenvalue weighted by atomic mass is 10.3. The van der Waals surface area contributed by atoms with Gasteiger partial charge in [-0.2, -0.15) is 13.2 Å². The van der Waals surface area contributed by atoms with E-state index in [1.165, 1.54) is 13.2 Å². The molecule has 0 unspecified atom stereocenters. The van der Waals surface area contributed by atoms with Crippen LogP contribution in [0.15, 0.2) is 33.9 Å². The van der Waals surface area contributed by atoms with Gasteiger partial charge in [0.1, 0.15) is 11.4 Å². The average Bonchev–Trinajstić information content (AvgIpc) is 2.85. The highest BCUT2D eigenvalue weighted by Crippen LogP contribution is 2.30. The maximum atomic E-state index is 12.6. The fourth-order valence-corrected chi connectivity index (χ4v) is 2.84. The number of pyridine rings is 1. The fourth-order valence-electron chi connectivity index (χ4n) is 1.66. The molecule has 0 bridgehead atoms. The SMILES string of the molecule is COCc1cc(CS(=O)(=O)c2cc(C(F)(F)F)ccn2)on1. The van der Waals surface area contributed by atoms with Gasteiger partial charge >= 0.3 is 6.18 Å². The Balaban J connectivity index is 2.26. The van der Waals surface area contributed by atoms with Crippen LogP contribution in [0.5, 0.6) is 0 Å². The maximum Gasteiger partial charge on any atom is 0.416 e. The van der Waals surface area contributed by atoms with Crippen molar-refractivity contribution in [3.8, 4) is 0 Å². The van der Waals surface area contributed by atoms with Crippen molar-refractivity contribution in [1.82, 2.24) is 10.1 Å². The van der Waals surface area contributed by atoms with E-state index >= 15 is 0 Å². The number of aromatic nitrogens is 2.